The molecule has 1 aromatic heterocycles. The van der Waals surface area contributed by atoms with E-state index >= 15 is 0 Å². The Labute approximate surface area is 121 Å². The Kier molecular flexibility index (Phi) is 3.57. The quantitative estimate of drug-likeness (QED) is 0.770. The van der Waals surface area contributed by atoms with E-state index in [1.54, 1.807) is 30.6 Å². The van der Waals surface area contributed by atoms with E-state index in [9.17, 15) is 4.79 Å². The maximum atomic E-state index is 12.2. The summed E-state index contributed by atoms with van der Waals surface area (Å²) >= 11 is 0. The van der Waals surface area contributed by atoms with Crippen molar-refractivity contribution in [3.63, 3.8) is 0 Å². The first-order chi connectivity index (χ1) is 10.3. The lowest BCUT2D eigenvalue weighted by Gasteiger charge is -2.06. The highest BCUT2D eigenvalue weighted by atomic mass is 16.1. The van der Waals surface area contributed by atoms with Crippen molar-refractivity contribution >= 4 is 22.6 Å². The molecule has 5 heteroatoms. The molecule has 21 heavy (non-hydrogen) atoms. The van der Waals surface area contributed by atoms with E-state index in [0.29, 0.717) is 17.6 Å². The van der Waals surface area contributed by atoms with E-state index in [1.165, 1.54) is 0 Å². The van der Waals surface area contributed by atoms with Gasteiger partial charge in [0.05, 0.1) is 11.0 Å². The van der Waals surface area contributed by atoms with E-state index in [2.05, 4.69) is 15.3 Å². The molecule has 1 amide bonds. The number of fused-ring (bicyclic) bond motifs is 1. The first kappa shape index (κ1) is 13.2. The Balaban J connectivity index is 1.82. The summed E-state index contributed by atoms with van der Waals surface area (Å²) in [5.74, 6) is -0.178. The molecule has 0 unspecified atom stereocenters. The van der Waals surface area contributed by atoms with Crippen LogP contribution in [0.15, 0.2) is 54.9 Å². The average molecular weight is 278 g/mol. The highest BCUT2D eigenvalue weighted by Crippen LogP contribution is 2.14. The van der Waals surface area contributed by atoms with E-state index in [-0.39, 0.29) is 5.91 Å². The van der Waals surface area contributed by atoms with Gasteiger partial charge in [-0.3, -0.25) is 14.8 Å². The fraction of sp³-hybridized carbons (Fsp3) is 0.0625. The summed E-state index contributed by atoms with van der Waals surface area (Å²) in [6.07, 6.45) is 3.23. The third-order valence-electron chi connectivity index (χ3n) is 3.18. The van der Waals surface area contributed by atoms with Gasteiger partial charge >= 0.3 is 0 Å². The molecule has 0 fully saturated rings. The van der Waals surface area contributed by atoms with Crippen molar-refractivity contribution in [3.05, 3.63) is 66.0 Å². The highest BCUT2D eigenvalue weighted by molar-refractivity contribution is 6.05. The lowest BCUT2D eigenvalue weighted by atomic mass is 10.1. The molecule has 3 aromatic rings. The monoisotopic (exact) mass is 278 g/mol. The molecular weight excluding hydrogens is 264 g/mol. The van der Waals surface area contributed by atoms with Crippen molar-refractivity contribution in [2.45, 2.75) is 6.54 Å². The minimum Gasteiger partial charge on any atom is -0.326 e. The second kappa shape index (κ2) is 5.68. The smallest absolute Gasteiger partial charge is 0.255 e. The number of nitrogens with zero attached hydrogens (tertiary/aromatic N) is 2. The van der Waals surface area contributed by atoms with Crippen LogP contribution in [-0.4, -0.2) is 15.9 Å². The van der Waals surface area contributed by atoms with Gasteiger partial charge in [-0.25, -0.2) is 0 Å². The largest absolute Gasteiger partial charge is 0.326 e. The molecule has 3 N–H and O–H groups in total. The number of nitrogens with two attached hydrogens (primary N) is 1. The molecule has 104 valence electrons. The van der Waals surface area contributed by atoms with Crippen molar-refractivity contribution in [1.29, 1.82) is 0 Å². The summed E-state index contributed by atoms with van der Waals surface area (Å²) in [5.41, 5.74) is 9.31. The maximum Gasteiger partial charge on any atom is 0.255 e. The Bertz CT molecular complexity index is 784. The molecule has 0 saturated heterocycles. The fourth-order valence-electron chi connectivity index (χ4n) is 2.03. The first-order valence-electron chi connectivity index (χ1n) is 6.57. The van der Waals surface area contributed by atoms with Crippen molar-refractivity contribution in [3.8, 4) is 0 Å². The topological polar surface area (TPSA) is 80.9 Å². The van der Waals surface area contributed by atoms with Crippen LogP contribution in [-0.2, 0) is 6.54 Å². The van der Waals surface area contributed by atoms with Crippen LogP contribution < -0.4 is 11.1 Å². The van der Waals surface area contributed by atoms with Crippen molar-refractivity contribution < 1.29 is 4.79 Å². The van der Waals surface area contributed by atoms with Crippen LogP contribution in [0.5, 0.6) is 0 Å². The zero-order valence-electron chi connectivity index (χ0n) is 11.3. The molecule has 5 nitrogen and oxygen atoms in total. The minimum absolute atomic E-state index is 0.178. The van der Waals surface area contributed by atoms with E-state index in [0.717, 1.165) is 16.8 Å². The van der Waals surface area contributed by atoms with Gasteiger partial charge in [-0.05, 0) is 35.9 Å². The number of amides is 1. The minimum atomic E-state index is -0.178. The van der Waals surface area contributed by atoms with Crippen LogP contribution in [0.25, 0.3) is 11.0 Å². The summed E-state index contributed by atoms with van der Waals surface area (Å²) in [7, 11) is 0. The standard InChI is InChI=1S/C16H14N4O/c17-10-11-1-4-13(5-2-11)20-16(21)12-3-6-14-15(9-12)19-8-7-18-14/h1-9H,10,17H2,(H,20,21). The third-order valence-corrected chi connectivity index (χ3v) is 3.18. The molecule has 2 aromatic carbocycles. The summed E-state index contributed by atoms with van der Waals surface area (Å²) in [5, 5.41) is 2.85. The van der Waals surface area contributed by atoms with Gasteiger partial charge in [-0.2, -0.15) is 0 Å². The fourth-order valence-corrected chi connectivity index (χ4v) is 2.03. The van der Waals surface area contributed by atoms with Gasteiger partial charge in [-0.1, -0.05) is 12.1 Å². The van der Waals surface area contributed by atoms with E-state index in [4.69, 9.17) is 5.73 Å². The Hall–Kier alpha value is -2.79. The summed E-state index contributed by atoms with van der Waals surface area (Å²) < 4.78 is 0. The van der Waals surface area contributed by atoms with Crippen molar-refractivity contribution in [1.82, 2.24) is 9.97 Å². The third kappa shape index (κ3) is 2.88. The number of hydrogen-bond acceptors (Lipinski definition) is 4. The second-order valence-electron chi connectivity index (χ2n) is 4.62. The van der Waals surface area contributed by atoms with E-state index in [1.807, 2.05) is 24.3 Å². The lowest BCUT2D eigenvalue weighted by molar-refractivity contribution is 0.102. The van der Waals surface area contributed by atoms with Crippen LogP contribution in [0.3, 0.4) is 0 Å². The number of benzene rings is 2. The van der Waals surface area contributed by atoms with Gasteiger partial charge in [0.2, 0.25) is 0 Å². The lowest BCUT2D eigenvalue weighted by Crippen LogP contribution is -2.12. The number of hydrogen-bond donors (Lipinski definition) is 2. The number of nitrogens with one attached hydrogen (secondary N) is 1. The summed E-state index contributed by atoms with van der Waals surface area (Å²) in [6.45, 7) is 0.484. The van der Waals surface area contributed by atoms with Crippen LogP contribution in [0.2, 0.25) is 0 Å². The Morgan fingerprint density at radius 1 is 1.00 bits per heavy atom. The number of aromatic nitrogens is 2. The van der Waals surface area contributed by atoms with Crippen LogP contribution in [0, 0.1) is 0 Å². The predicted molar refractivity (Wildman–Crippen MR) is 81.8 cm³/mol. The number of anilines is 1. The SMILES string of the molecule is NCc1ccc(NC(=O)c2ccc3nccnc3c2)cc1. The van der Waals surface area contributed by atoms with Crippen LogP contribution in [0.1, 0.15) is 15.9 Å². The van der Waals surface area contributed by atoms with Gasteiger partial charge in [0.15, 0.2) is 0 Å². The Morgan fingerprint density at radius 2 is 1.71 bits per heavy atom. The molecule has 0 aliphatic carbocycles. The number of carbonyl (C=O) groups excluding carboxylic acids is 1. The first-order valence-corrected chi connectivity index (χ1v) is 6.57. The zero-order chi connectivity index (χ0) is 14.7. The van der Waals surface area contributed by atoms with Gasteiger partial charge < -0.3 is 11.1 Å². The molecule has 0 aliphatic rings. The second-order valence-corrected chi connectivity index (χ2v) is 4.62. The maximum absolute atomic E-state index is 12.2. The molecule has 3 rings (SSSR count). The molecule has 1 heterocycles. The zero-order valence-corrected chi connectivity index (χ0v) is 11.3. The molecule has 0 atom stereocenters. The normalized spacial score (nSPS) is 10.5. The molecule has 0 saturated carbocycles. The van der Waals surface area contributed by atoms with Crippen LogP contribution in [0.4, 0.5) is 5.69 Å². The average Bonchev–Trinajstić information content (AvgIpc) is 2.55. The van der Waals surface area contributed by atoms with Crippen LogP contribution >= 0.6 is 0 Å². The molecule has 0 spiro atoms. The highest BCUT2D eigenvalue weighted by Gasteiger charge is 2.07. The molecule has 0 radical (unpaired) electrons. The van der Waals surface area contributed by atoms with Gasteiger partial charge in [0.25, 0.3) is 5.91 Å². The molecule has 0 bridgehead atoms. The van der Waals surface area contributed by atoms with Gasteiger partial charge in [0, 0.05) is 30.2 Å². The van der Waals surface area contributed by atoms with Crippen molar-refractivity contribution in [2.24, 2.45) is 5.73 Å². The van der Waals surface area contributed by atoms with Crippen molar-refractivity contribution in [2.75, 3.05) is 5.32 Å². The van der Waals surface area contributed by atoms with E-state index < -0.39 is 0 Å². The number of rotatable bonds is 3. The molecular formula is C16H14N4O. The van der Waals surface area contributed by atoms with Gasteiger partial charge in [-0.15, -0.1) is 0 Å². The summed E-state index contributed by atoms with van der Waals surface area (Å²) in [4.78, 5) is 20.6. The van der Waals surface area contributed by atoms with Gasteiger partial charge in [0.1, 0.15) is 0 Å². The number of carbonyl (C=O) groups is 1. The Morgan fingerprint density at radius 3 is 2.43 bits per heavy atom. The predicted octanol–water partition coefficient (Wildman–Crippen LogP) is 2.34. The summed E-state index contributed by atoms with van der Waals surface area (Å²) in [6, 6.07) is 12.7. The molecule has 0 aliphatic heterocycles.